The summed E-state index contributed by atoms with van der Waals surface area (Å²) in [4.78, 5) is 31.2. The molecule has 2 aliphatic heterocycles. The van der Waals surface area contributed by atoms with Crippen LogP contribution in [0.25, 0.3) is 0 Å². The van der Waals surface area contributed by atoms with Crippen molar-refractivity contribution in [3.05, 3.63) is 17.0 Å². The van der Waals surface area contributed by atoms with Gasteiger partial charge in [-0.1, -0.05) is 5.16 Å². The lowest BCUT2D eigenvalue weighted by molar-refractivity contribution is -0.139. The van der Waals surface area contributed by atoms with E-state index in [-0.39, 0.29) is 17.9 Å². The van der Waals surface area contributed by atoms with Crippen LogP contribution in [0.3, 0.4) is 0 Å². The van der Waals surface area contributed by atoms with Gasteiger partial charge in [0, 0.05) is 57.3 Å². The molecule has 1 aromatic rings. The molecular weight excluding hydrogens is 372 g/mol. The molecule has 162 valence electrons. The maximum Gasteiger partial charge on any atom is 0.410 e. The third kappa shape index (κ3) is 5.50. The summed E-state index contributed by atoms with van der Waals surface area (Å²) >= 11 is 0. The molecular formula is C21H34N4O4. The van der Waals surface area contributed by atoms with Crippen molar-refractivity contribution < 1.29 is 18.8 Å². The fraction of sp³-hybridized carbons (Fsp3) is 0.762. The van der Waals surface area contributed by atoms with Gasteiger partial charge < -0.3 is 19.1 Å². The van der Waals surface area contributed by atoms with Crippen molar-refractivity contribution in [3.63, 3.8) is 0 Å². The van der Waals surface area contributed by atoms with Gasteiger partial charge in [-0.2, -0.15) is 0 Å². The van der Waals surface area contributed by atoms with E-state index in [0.717, 1.165) is 49.7 Å². The molecule has 0 saturated carbocycles. The predicted molar refractivity (Wildman–Crippen MR) is 108 cm³/mol. The van der Waals surface area contributed by atoms with Crippen LogP contribution >= 0.6 is 0 Å². The molecule has 29 heavy (non-hydrogen) atoms. The van der Waals surface area contributed by atoms with Gasteiger partial charge in [-0.05, 0) is 47.5 Å². The van der Waals surface area contributed by atoms with Crippen LogP contribution < -0.4 is 0 Å². The molecule has 2 aliphatic rings. The van der Waals surface area contributed by atoms with E-state index in [9.17, 15) is 9.59 Å². The number of rotatable bonds is 3. The Bertz CT molecular complexity index is 704. The zero-order valence-electron chi connectivity index (χ0n) is 18.4. The number of piperidine rings is 1. The summed E-state index contributed by atoms with van der Waals surface area (Å²) in [5, 5.41) is 4.02. The van der Waals surface area contributed by atoms with Gasteiger partial charge in [0.25, 0.3) is 0 Å². The number of piperazine rings is 1. The quantitative estimate of drug-likeness (QED) is 0.768. The molecule has 8 heteroatoms. The molecule has 8 nitrogen and oxygen atoms in total. The molecule has 3 rings (SSSR count). The standard InChI is InChI=1S/C21H34N4O4/c1-15-18(16(2)29-22-15)14-23-10-12-24(13-11-23)19(26)17-6-8-25(9-7-17)20(27)28-21(3,4)5/h17H,6-14H2,1-5H3. The zero-order chi connectivity index (χ0) is 21.2. The molecule has 0 bridgehead atoms. The Kier molecular flexibility index (Phi) is 6.51. The van der Waals surface area contributed by atoms with E-state index in [1.165, 1.54) is 0 Å². The van der Waals surface area contributed by atoms with Crippen LogP contribution in [0, 0.1) is 19.8 Å². The zero-order valence-corrected chi connectivity index (χ0v) is 18.4. The third-order valence-electron chi connectivity index (χ3n) is 5.74. The topological polar surface area (TPSA) is 79.1 Å². The van der Waals surface area contributed by atoms with E-state index in [1.807, 2.05) is 39.5 Å². The minimum absolute atomic E-state index is 0.00259. The van der Waals surface area contributed by atoms with Gasteiger partial charge in [0.15, 0.2) is 0 Å². The number of hydrogen-bond acceptors (Lipinski definition) is 6. The van der Waals surface area contributed by atoms with Gasteiger partial charge in [0.1, 0.15) is 11.4 Å². The van der Waals surface area contributed by atoms with Crippen LogP contribution in [0.4, 0.5) is 4.79 Å². The first-order chi connectivity index (χ1) is 13.6. The first-order valence-corrected chi connectivity index (χ1v) is 10.5. The normalized spacial score (nSPS) is 19.5. The molecule has 0 aliphatic carbocycles. The summed E-state index contributed by atoms with van der Waals surface area (Å²) in [6, 6.07) is 0. The summed E-state index contributed by atoms with van der Waals surface area (Å²) in [6.07, 6.45) is 1.13. The van der Waals surface area contributed by atoms with E-state index in [1.54, 1.807) is 4.90 Å². The largest absolute Gasteiger partial charge is 0.444 e. The number of likely N-dealkylation sites (tertiary alicyclic amines) is 1. The van der Waals surface area contributed by atoms with Gasteiger partial charge in [-0.3, -0.25) is 9.69 Å². The highest BCUT2D eigenvalue weighted by molar-refractivity contribution is 5.79. The monoisotopic (exact) mass is 406 g/mol. The number of ether oxygens (including phenoxy) is 1. The number of amides is 2. The Morgan fingerprint density at radius 2 is 1.66 bits per heavy atom. The molecule has 1 aromatic heterocycles. The van der Waals surface area contributed by atoms with Gasteiger partial charge in [-0.25, -0.2) is 4.79 Å². The Balaban J connectivity index is 1.44. The summed E-state index contributed by atoms with van der Waals surface area (Å²) in [5.41, 5.74) is 1.60. The van der Waals surface area contributed by atoms with Crippen LogP contribution in [-0.2, 0) is 16.1 Å². The summed E-state index contributed by atoms with van der Waals surface area (Å²) in [6.45, 7) is 14.7. The van der Waals surface area contributed by atoms with Crippen LogP contribution in [0.5, 0.6) is 0 Å². The van der Waals surface area contributed by atoms with E-state index >= 15 is 0 Å². The Hall–Kier alpha value is -2.09. The lowest BCUT2D eigenvalue weighted by Crippen LogP contribution is -2.51. The first-order valence-electron chi connectivity index (χ1n) is 10.5. The fourth-order valence-electron chi connectivity index (χ4n) is 3.97. The van der Waals surface area contributed by atoms with Crippen molar-refractivity contribution in [2.45, 2.75) is 59.6 Å². The number of carbonyl (C=O) groups is 2. The summed E-state index contributed by atoms with van der Waals surface area (Å²) in [7, 11) is 0. The highest BCUT2D eigenvalue weighted by atomic mass is 16.6. The molecule has 2 fully saturated rings. The first kappa shape index (κ1) is 21.6. The predicted octanol–water partition coefficient (Wildman–Crippen LogP) is 2.58. The smallest absolute Gasteiger partial charge is 0.410 e. The van der Waals surface area contributed by atoms with Crippen molar-refractivity contribution in [1.29, 1.82) is 0 Å². The van der Waals surface area contributed by atoms with Crippen molar-refractivity contribution in [2.24, 2.45) is 5.92 Å². The van der Waals surface area contributed by atoms with Crippen molar-refractivity contribution in [1.82, 2.24) is 19.9 Å². The SMILES string of the molecule is Cc1noc(C)c1CN1CCN(C(=O)C2CCN(C(=O)OC(C)(C)C)CC2)CC1. The molecule has 0 N–H and O–H groups in total. The minimum atomic E-state index is -0.493. The maximum absolute atomic E-state index is 12.9. The molecule has 0 aromatic carbocycles. The number of aryl methyl sites for hydroxylation is 2. The van der Waals surface area contributed by atoms with Gasteiger partial charge in [0.2, 0.25) is 5.91 Å². The van der Waals surface area contributed by atoms with Crippen LogP contribution in [0.2, 0.25) is 0 Å². The molecule has 0 atom stereocenters. The Morgan fingerprint density at radius 1 is 1.03 bits per heavy atom. The third-order valence-corrected chi connectivity index (χ3v) is 5.74. The molecule has 0 unspecified atom stereocenters. The van der Waals surface area contributed by atoms with Crippen molar-refractivity contribution >= 4 is 12.0 Å². The van der Waals surface area contributed by atoms with E-state index in [2.05, 4.69) is 10.1 Å². The van der Waals surface area contributed by atoms with E-state index < -0.39 is 5.60 Å². The van der Waals surface area contributed by atoms with Crippen LogP contribution in [-0.4, -0.2) is 76.7 Å². The molecule has 2 saturated heterocycles. The number of hydrogen-bond donors (Lipinski definition) is 0. The molecule has 0 spiro atoms. The molecule has 0 radical (unpaired) electrons. The van der Waals surface area contributed by atoms with Gasteiger partial charge >= 0.3 is 6.09 Å². The second-order valence-electron chi connectivity index (χ2n) is 9.15. The van der Waals surface area contributed by atoms with E-state index in [0.29, 0.717) is 25.9 Å². The Labute approximate surface area is 173 Å². The number of nitrogens with zero attached hydrogens (tertiary/aromatic N) is 4. The van der Waals surface area contributed by atoms with Crippen LogP contribution in [0.1, 0.15) is 50.6 Å². The van der Waals surface area contributed by atoms with Crippen molar-refractivity contribution in [2.75, 3.05) is 39.3 Å². The van der Waals surface area contributed by atoms with Crippen LogP contribution in [0.15, 0.2) is 4.52 Å². The molecule has 3 heterocycles. The number of aromatic nitrogens is 1. The summed E-state index contributed by atoms with van der Waals surface area (Å²) < 4.78 is 10.7. The Morgan fingerprint density at radius 3 is 2.17 bits per heavy atom. The lowest BCUT2D eigenvalue weighted by atomic mass is 9.95. The average molecular weight is 407 g/mol. The highest BCUT2D eigenvalue weighted by Crippen LogP contribution is 2.23. The van der Waals surface area contributed by atoms with Crippen molar-refractivity contribution in [3.8, 4) is 0 Å². The lowest BCUT2D eigenvalue weighted by Gasteiger charge is -2.38. The maximum atomic E-state index is 12.9. The summed E-state index contributed by atoms with van der Waals surface area (Å²) in [5.74, 6) is 1.10. The minimum Gasteiger partial charge on any atom is -0.444 e. The fourth-order valence-corrected chi connectivity index (χ4v) is 3.97. The van der Waals surface area contributed by atoms with E-state index in [4.69, 9.17) is 9.26 Å². The average Bonchev–Trinajstić information content (AvgIpc) is 2.99. The highest BCUT2D eigenvalue weighted by Gasteiger charge is 2.33. The molecule has 2 amide bonds. The van der Waals surface area contributed by atoms with Gasteiger partial charge in [-0.15, -0.1) is 0 Å². The second-order valence-corrected chi connectivity index (χ2v) is 9.15. The number of carbonyl (C=O) groups excluding carboxylic acids is 2. The van der Waals surface area contributed by atoms with Gasteiger partial charge in [0.05, 0.1) is 5.69 Å². The second kappa shape index (κ2) is 8.73.